The number of amides is 1. The van der Waals surface area contributed by atoms with Gasteiger partial charge in [0.25, 0.3) is 5.91 Å². The van der Waals surface area contributed by atoms with Crippen LogP contribution in [0.4, 0.5) is 0 Å². The van der Waals surface area contributed by atoms with E-state index in [2.05, 4.69) is 9.89 Å². The highest BCUT2D eigenvalue weighted by atomic mass is 32.1. The van der Waals surface area contributed by atoms with Crippen LogP contribution in [0.5, 0.6) is 11.6 Å². The first-order valence-corrected chi connectivity index (χ1v) is 11.0. The number of hydrogen-bond acceptors (Lipinski definition) is 7. The van der Waals surface area contributed by atoms with Crippen molar-refractivity contribution in [1.29, 1.82) is 0 Å². The molecule has 2 aliphatic rings. The van der Waals surface area contributed by atoms with E-state index in [4.69, 9.17) is 21.7 Å². The minimum atomic E-state index is -0.353. The summed E-state index contributed by atoms with van der Waals surface area (Å²) in [7, 11) is 1.57. The smallest absolute Gasteiger partial charge is 0.277 e. The van der Waals surface area contributed by atoms with Crippen LogP contribution < -0.4 is 15.3 Å². The molecule has 0 spiro atoms. The minimum Gasteiger partial charge on any atom is -0.497 e. The molecule has 1 aromatic heterocycles. The van der Waals surface area contributed by atoms with Crippen molar-refractivity contribution in [2.24, 2.45) is 4.99 Å². The largest absolute Gasteiger partial charge is 0.497 e. The maximum absolute atomic E-state index is 12.5. The summed E-state index contributed by atoms with van der Waals surface area (Å²) in [6.45, 7) is 4.98. The maximum atomic E-state index is 12.5. The summed E-state index contributed by atoms with van der Waals surface area (Å²) in [6.07, 6.45) is 4.31. The van der Waals surface area contributed by atoms with E-state index in [0.717, 1.165) is 44.5 Å². The van der Waals surface area contributed by atoms with Gasteiger partial charge < -0.3 is 14.6 Å². The molecule has 7 nitrogen and oxygen atoms in total. The van der Waals surface area contributed by atoms with Gasteiger partial charge in [-0.25, -0.2) is 4.99 Å². The zero-order valence-electron chi connectivity index (χ0n) is 16.7. The summed E-state index contributed by atoms with van der Waals surface area (Å²) in [5, 5.41) is 12.1. The number of carbonyl (C=O) groups excluding carboxylic acids is 1. The van der Waals surface area contributed by atoms with Gasteiger partial charge >= 0.3 is 0 Å². The van der Waals surface area contributed by atoms with Crippen molar-refractivity contribution >= 4 is 41.6 Å². The molecule has 1 saturated heterocycles. The summed E-state index contributed by atoms with van der Waals surface area (Å²) in [4.78, 5) is 19.5. The van der Waals surface area contributed by atoms with Crippen molar-refractivity contribution in [2.45, 2.75) is 13.0 Å². The second-order valence-corrected chi connectivity index (χ2v) is 8.78. The Labute approximate surface area is 183 Å². The highest BCUT2D eigenvalue weighted by molar-refractivity contribution is 7.73. The van der Waals surface area contributed by atoms with Gasteiger partial charge in [-0.05, 0) is 42.9 Å². The molecular formula is C21H23N3O4S2. The molecule has 30 heavy (non-hydrogen) atoms. The molecule has 1 fully saturated rings. The fourth-order valence-corrected chi connectivity index (χ4v) is 4.81. The van der Waals surface area contributed by atoms with Crippen molar-refractivity contribution in [1.82, 2.24) is 9.47 Å². The number of morpholine rings is 1. The Bertz CT molecular complexity index is 1160. The third kappa shape index (κ3) is 4.54. The van der Waals surface area contributed by atoms with Gasteiger partial charge in [0.2, 0.25) is 5.88 Å². The first-order chi connectivity index (χ1) is 14.5. The number of hydrogen-bond donors (Lipinski definition) is 1. The number of nitrogens with zero attached hydrogens (tertiary/aromatic N) is 3. The number of aromatic hydroxyl groups is 1. The zero-order valence-corrected chi connectivity index (χ0v) is 18.3. The molecule has 4 rings (SSSR count). The van der Waals surface area contributed by atoms with Gasteiger partial charge in [-0.15, -0.1) is 11.3 Å². The Morgan fingerprint density at radius 3 is 2.90 bits per heavy atom. The summed E-state index contributed by atoms with van der Waals surface area (Å²) in [5.74, 6) is 0.394. The molecule has 0 bridgehead atoms. The molecule has 2 aliphatic heterocycles. The minimum absolute atomic E-state index is 0.0983. The number of methoxy groups -OCH3 is 1. The van der Waals surface area contributed by atoms with Crippen molar-refractivity contribution in [3.05, 3.63) is 43.2 Å². The summed E-state index contributed by atoms with van der Waals surface area (Å²) in [5.41, 5.74) is 0.416. The molecular weight excluding hydrogens is 422 g/mol. The van der Waals surface area contributed by atoms with Crippen LogP contribution in [0.15, 0.2) is 28.8 Å². The molecule has 3 heterocycles. The van der Waals surface area contributed by atoms with Crippen LogP contribution in [0, 0.1) is 3.95 Å². The standard InChI is InChI=1S/C21H23N3O4S2/c1-27-16-4-3-14-11-15(19(25)22-17(14)13-16)12-18-20(26)24(21(29)30-18)6-2-5-23-7-9-28-10-8-23/h3-4,11-13,26H,2,5-10H2,1H3/b15-12+. The number of thiazole rings is 1. The first kappa shape index (κ1) is 20.9. The highest BCUT2D eigenvalue weighted by Crippen LogP contribution is 2.29. The average molecular weight is 446 g/mol. The van der Waals surface area contributed by atoms with Crippen LogP contribution >= 0.6 is 23.6 Å². The van der Waals surface area contributed by atoms with Gasteiger partial charge in [-0.1, -0.05) is 0 Å². The fraction of sp³-hybridized carbons (Fsp3) is 0.381. The van der Waals surface area contributed by atoms with Crippen LogP contribution in [0.3, 0.4) is 0 Å². The lowest BCUT2D eigenvalue weighted by atomic mass is 10.1. The van der Waals surface area contributed by atoms with Crippen molar-refractivity contribution in [3.63, 3.8) is 0 Å². The summed E-state index contributed by atoms with van der Waals surface area (Å²) >= 11 is 6.74. The van der Waals surface area contributed by atoms with Gasteiger partial charge in [0.05, 0.1) is 30.6 Å². The Hall–Kier alpha value is -2.33. The van der Waals surface area contributed by atoms with E-state index >= 15 is 0 Å². The second-order valence-electron chi connectivity index (χ2n) is 7.10. The highest BCUT2D eigenvalue weighted by Gasteiger charge is 2.16. The Morgan fingerprint density at radius 2 is 2.13 bits per heavy atom. The van der Waals surface area contributed by atoms with Gasteiger partial charge in [0, 0.05) is 43.0 Å². The van der Waals surface area contributed by atoms with Crippen LogP contribution in [0.1, 0.15) is 11.3 Å². The maximum Gasteiger partial charge on any atom is 0.277 e. The quantitative estimate of drug-likeness (QED) is 0.539. The number of ether oxygens (including phenoxy) is 2. The Kier molecular flexibility index (Phi) is 6.43. The van der Waals surface area contributed by atoms with Gasteiger partial charge in [0.15, 0.2) is 3.95 Å². The van der Waals surface area contributed by atoms with E-state index in [1.165, 1.54) is 11.3 Å². The molecule has 0 unspecified atom stereocenters. The third-order valence-corrected chi connectivity index (χ3v) is 6.54. The predicted octanol–water partition coefficient (Wildman–Crippen LogP) is 1.74. The lowest BCUT2D eigenvalue weighted by Crippen LogP contribution is -2.37. The molecule has 9 heteroatoms. The second kappa shape index (κ2) is 9.22. The van der Waals surface area contributed by atoms with Crippen molar-refractivity contribution in [2.75, 3.05) is 40.0 Å². The summed E-state index contributed by atoms with van der Waals surface area (Å²) < 4.78 is 12.9. The number of fused-ring (bicyclic) bond motifs is 1. The molecule has 0 saturated carbocycles. The van der Waals surface area contributed by atoms with Gasteiger partial charge in [0.1, 0.15) is 5.75 Å². The first-order valence-electron chi connectivity index (χ1n) is 9.78. The zero-order chi connectivity index (χ0) is 21.1. The molecule has 1 aromatic carbocycles. The summed E-state index contributed by atoms with van der Waals surface area (Å²) in [6, 6.07) is 5.41. The molecule has 0 atom stereocenters. The predicted molar refractivity (Wildman–Crippen MR) is 118 cm³/mol. The van der Waals surface area contributed by atoms with Crippen LogP contribution in [-0.2, 0) is 16.1 Å². The lowest BCUT2D eigenvalue weighted by molar-refractivity contribution is -0.114. The van der Waals surface area contributed by atoms with E-state index in [1.807, 2.05) is 12.1 Å². The molecule has 0 radical (unpaired) electrons. The van der Waals surface area contributed by atoms with E-state index in [9.17, 15) is 9.90 Å². The van der Waals surface area contributed by atoms with Crippen LogP contribution in [0.25, 0.3) is 12.2 Å². The van der Waals surface area contributed by atoms with Crippen molar-refractivity contribution < 1.29 is 19.4 Å². The van der Waals surface area contributed by atoms with E-state index in [-0.39, 0.29) is 11.8 Å². The molecule has 158 valence electrons. The molecule has 1 N–H and O–H groups in total. The van der Waals surface area contributed by atoms with Gasteiger partial charge in [-0.3, -0.25) is 14.3 Å². The molecule has 2 aromatic rings. The molecule has 0 aliphatic carbocycles. The number of rotatable bonds is 6. The third-order valence-electron chi connectivity index (χ3n) is 5.16. The van der Waals surface area contributed by atoms with Crippen molar-refractivity contribution in [3.8, 4) is 11.6 Å². The fourth-order valence-electron chi connectivity index (χ4n) is 3.50. The molecule has 1 amide bonds. The van der Waals surface area contributed by atoms with E-state index < -0.39 is 0 Å². The van der Waals surface area contributed by atoms with Crippen LogP contribution in [-0.4, -0.2) is 60.4 Å². The number of aromatic nitrogens is 1. The Balaban J connectivity index is 1.53. The SMILES string of the molecule is COc1ccc2c(c1)=NC(=O)/C(=C/c1sc(=S)n(CCCN3CCOCC3)c1O)C=2. The monoisotopic (exact) mass is 445 g/mol. The van der Waals surface area contributed by atoms with E-state index in [0.29, 0.717) is 32.1 Å². The lowest BCUT2D eigenvalue weighted by Gasteiger charge is -2.26. The van der Waals surface area contributed by atoms with E-state index in [1.54, 1.807) is 29.9 Å². The van der Waals surface area contributed by atoms with Crippen LogP contribution in [0.2, 0.25) is 0 Å². The number of benzene rings is 1. The normalized spacial score (nSPS) is 18.0. The Morgan fingerprint density at radius 1 is 1.33 bits per heavy atom. The average Bonchev–Trinajstić information content (AvgIpc) is 3.02. The number of carbonyl (C=O) groups is 1. The topological polar surface area (TPSA) is 76.3 Å². The van der Waals surface area contributed by atoms with Gasteiger partial charge in [-0.2, -0.15) is 0 Å².